The van der Waals surface area contributed by atoms with Crippen molar-refractivity contribution in [2.24, 2.45) is 5.16 Å². The predicted molar refractivity (Wildman–Crippen MR) is 27.3 cm³/mol. The summed E-state index contributed by atoms with van der Waals surface area (Å²) in [5.74, 6) is -0.0487. The standard InChI is InChI=1S/C4H7NO2/c1-4(6)3-7-5-2/h6H,1-3H2. The summed E-state index contributed by atoms with van der Waals surface area (Å²) in [6.45, 7) is 6.17. The van der Waals surface area contributed by atoms with Crippen molar-refractivity contribution in [1.29, 1.82) is 0 Å². The van der Waals surface area contributed by atoms with Gasteiger partial charge in [-0.15, -0.1) is 5.16 Å². The molecule has 0 radical (unpaired) electrons. The van der Waals surface area contributed by atoms with Crippen LogP contribution in [0.25, 0.3) is 0 Å². The van der Waals surface area contributed by atoms with Gasteiger partial charge in [0.2, 0.25) is 0 Å². The molecule has 0 spiro atoms. The normalized spacial score (nSPS) is 7.43. The zero-order chi connectivity index (χ0) is 5.70. The van der Waals surface area contributed by atoms with Crippen molar-refractivity contribution >= 4 is 6.72 Å². The second kappa shape index (κ2) is 3.21. The van der Waals surface area contributed by atoms with Gasteiger partial charge in [0.25, 0.3) is 0 Å². The molecule has 0 saturated carbocycles. The summed E-state index contributed by atoms with van der Waals surface area (Å²) in [7, 11) is 0. The maximum Gasteiger partial charge on any atom is 0.173 e. The molecule has 3 heteroatoms. The van der Waals surface area contributed by atoms with Crippen LogP contribution in [0.3, 0.4) is 0 Å². The molecule has 0 rings (SSSR count). The van der Waals surface area contributed by atoms with E-state index < -0.39 is 0 Å². The van der Waals surface area contributed by atoms with E-state index in [1.807, 2.05) is 0 Å². The van der Waals surface area contributed by atoms with Crippen molar-refractivity contribution in [2.45, 2.75) is 0 Å². The molecule has 40 valence electrons. The lowest BCUT2D eigenvalue weighted by Gasteiger charge is -1.91. The Hall–Kier alpha value is -0.990. The molecular weight excluding hydrogens is 94.0 g/mol. The van der Waals surface area contributed by atoms with E-state index in [9.17, 15) is 0 Å². The first-order valence-corrected chi connectivity index (χ1v) is 1.72. The summed E-state index contributed by atoms with van der Waals surface area (Å²) < 4.78 is 0. The van der Waals surface area contributed by atoms with Crippen LogP contribution < -0.4 is 0 Å². The van der Waals surface area contributed by atoms with Crippen molar-refractivity contribution < 1.29 is 9.94 Å². The number of oxime groups is 1. The number of hydrogen-bond donors (Lipinski definition) is 1. The first-order valence-electron chi connectivity index (χ1n) is 1.72. The van der Waals surface area contributed by atoms with Gasteiger partial charge < -0.3 is 9.94 Å². The largest absolute Gasteiger partial charge is 0.509 e. The van der Waals surface area contributed by atoms with Gasteiger partial charge in [-0.3, -0.25) is 0 Å². The Balaban J connectivity index is 2.97. The van der Waals surface area contributed by atoms with Crippen LogP contribution in [0.5, 0.6) is 0 Å². The summed E-state index contributed by atoms with van der Waals surface area (Å²) in [5, 5.41) is 11.3. The molecule has 3 nitrogen and oxygen atoms in total. The Bertz CT molecular complexity index is 79.8. The van der Waals surface area contributed by atoms with Gasteiger partial charge in [-0.1, -0.05) is 6.58 Å². The van der Waals surface area contributed by atoms with Crippen LogP contribution in [0.15, 0.2) is 17.5 Å². The zero-order valence-corrected chi connectivity index (χ0v) is 3.92. The van der Waals surface area contributed by atoms with Crippen molar-refractivity contribution in [2.75, 3.05) is 6.61 Å². The fourth-order valence-electron chi connectivity index (χ4n) is 0.120. The maximum absolute atomic E-state index is 8.28. The number of aliphatic hydroxyl groups is 1. The van der Waals surface area contributed by atoms with Crippen molar-refractivity contribution in [3.05, 3.63) is 12.3 Å². The SMILES string of the molecule is C=NOCC(=C)O. The molecule has 0 aromatic carbocycles. The minimum Gasteiger partial charge on any atom is -0.509 e. The Kier molecular flexibility index (Phi) is 2.76. The van der Waals surface area contributed by atoms with Crippen molar-refractivity contribution in [3.63, 3.8) is 0 Å². The lowest BCUT2D eigenvalue weighted by atomic mass is 10.6. The van der Waals surface area contributed by atoms with Crippen molar-refractivity contribution in [1.82, 2.24) is 0 Å². The van der Waals surface area contributed by atoms with E-state index in [4.69, 9.17) is 5.11 Å². The quantitative estimate of drug-likeness (QED) is 0.323. The molecule has 0 aromatic rings. The average Bonchev–Trinajstić information content (AvgIpc) is 1.61. The molecule has 7 heavy (non-hydrogen) atoms. The summed E-state index contributed by atoms with van der Waals surface area (Å²) in [4.78, 5) is 4.26. The first kappa shape index (κ1) is 6.01. The third-order valence-electron chi connectivity index (χ3n) is 0.322. The number of aliphatic hydroxyl groups excluding tert-OH is 1. The molecule has 0 aliphatic heterocycles. The Labute approximate surface area is 41.9 Å². The van der Waals surface area contributed by atoms with Crippen LogP contribution in [-0.2, 0) is 4.84 Å². The van der Waals surface area contributed by atoms with E-state index >= 15 is 0 Å². The fraction of sp³-hybridized carbons (Fsp3) is 0.250. The third-order valence-corrected chi connectivity index (χ3v) is 0.322. The molecule has 0 fully saturated rings. The van der Waals surface area contributed by atoms with E-state index in [0.29, 0.717) is 0 Å². The van der Waals surface area contributed by atoms with E-state index in [1.165, 1.54) is 0 Å². The smallest absolute Gasteiger partial charge is 0.173 e. The molecule has 1 N–H and O–H groups in total. The summed E-state index contributed by atoms with van der Waals surface area (Å²) in [6.07, 6.45) is 0. The molecule has 0 bridgehead atoms. The van der Waals surface area contributed by atoms with E-state index in [-0.39, 0.29) is 12.4 Å². The summed E-state index contributed by atoms with van der Waals surface area (Å²) in [5.41, 5.74) is 0. The highest BCUT2D eigenvalue weighted by molar-refractivity contribution is 5.21. The highest BCUT2D eigenvalue weighted by Crippen LogP contribution is 1.81. The minimum absolute atomic E-state index is 0.0312. The summed E-state index contributed by atoms with van der Waals surface area (Å²) in [6, 6.07) is 0. The third kappa shape index (κ3) is 5.01. The van der Waals surface area contributed by atoms with Gasteiger partial charge in [-0.05, 0) is 0 Å². The van der Waals surface area contributed by atoms with Crippen LogP contribution in [0.2, 0.25) is 0 Å². The lowest BCUT2D eigenvalue weighted by molar-refractivity contribution is 0.140. The van der Waals surface area contributed by atoms with Gasteiger partial charge in [0.1, 0.15) is 5.76 Å². The predicted octanol–water partition coefficient (Wildman–Crippen LogP) is 0.690. The van der Waals surface area contributed by atoms with Crippen LogP contribution in [-0.4, -0.2) is 18.4 Å². The van der Waals surface area contributed by atoms with E-state index in [1.54, 1.807) is 0 Å². The second-order valence-corrected chi connectivity index (χ2v) is 0.969. The van der Waals surface area contributed by atoms with Gasteiger partial charge in [-0.25, -0.2) is 0 Å². The Morgan fingerprint density at radius 3 is 2.57 bits per heavy atom. The highest BCUT2D eigenvalue weighted by atomic mass is 16.6. The Morgan fingerprint density at radius 1 is 1.86 bits per heavy atom. The minimum atomic E-state index is -0.0487. The molecular formula is C4H7NO2. The van der Waals surface area contributed by atoms with Crippen LogP contribution in [0.4, 0.5) is 0 Å². The molecule has 0 aliphatic carbocycles. The van der Waals surface area contributed by atoms with Gasteiger partial charge >= 0.3 is 0 Å². The van der Waals surface area contributed by atoms with Crippen LogP contribution in [0.1, 0.15) is 0 Å². The second-order valence-electron chi connectivity index (χ2n) is 0.969. The number of hydrogen-bond acceptors (Lipinski definition) is 3. The molecule has 0 aliphatic rings. The monoisotopic (exact) mass is 101 g/mol. The molecule has 0 amide bonds. The van der Waals surface area contributed by atoms with Crippen molar-refractivity contribution in [3.8, 4) is 0 Å². The van der Waals surface area contributed by atoms with Gasteiger partial charge in [-0.2, -0.15) is 0 Å². The number of rotatable bonds is 3. The Morgan fingerprint density at radius 2 is 2.43 bits per heavy atom. The molecule has 0 atom stereocenters. The topological polar surface area (TPSA) is 41.8 Å². The van der Waals surface area contributed by atoms with Gasteiger partial charge in [0, 0.05) is 6.72 Å². The van der Waals surface area contributed by atoms with Gasteiger partial charge in [0.15, 0.2) is 6.61 Å². The first-order chi connectivity index (χ1) is 3.27. The van der Waals surface area contributed by atoms with E-state index in [0.717, 1.165) is 0 Å². The summed E-state index contributed by atoms with van der Waals surface area (Å²) >= 11 is 0. The van der Waals surface area contributed by atoms with Gasteiger partial charge in [0.05, 0.1) is 0 Å². The highest BCUT2D eigenvalue weighted by Gasteiger charge is 1.82. The fourth-order valence-corrected chi connectivity index (χ4v) is 0.120. The van der Waals surface area contributed by atoms with E-state index in [2.05, 4.69) is 23.3 Å². The molecule has 0 heterocycles. The molecule has 0 aromatic heterocycles. The van der Waals surface area contributed by atoms with Crippen LogP contribution >= 0.6 is 0 Å². The molecule has 0 unspecified atom stereocenters. The zero-order valence-electron chi connectivity index (χ0n) is 3.92. The number of nitrogens with zero attached hydrogens (tertiary/aromatic N) is 1. The lowest BCUT2D eigenvalue weighted by Crippen LogP contribution is -1.88. The average molecular weight is 101 g/mol. The maximum atomic E-state index is 8.28. The molecule has 0 saturated heterocycles. The van der Waals surface area contributed by atoms with Crippen LogP contribution in [0, 0.1) is 0 Å².